The average Bonchev–Trinajstić information content (AvgIpc) is 2.41. The first kappa shape index (κ1) is 13.3. The molecule has 0 aliphatic carbocycles. The lowest BCUT2D eigenvalue weighted by molar-refractivity contribution is 0.0463. The first-order chi connectivity index (χ1) is 9.06. The second-order valence-corrected chi connectivity index (χ2v) is 4.32. The Hall–Kier alpha value is -2.14. The lowest BCUT2D eigenvalue weighted by atomic mass is 10.2. The summed E-state index contributed by atoms with van der Waals surface area (Å²) >= 11 is 5.75. The highest BCUT2D eigenvalue weighted by atomic mass is 35.5. The first-order valence-corrected chi connectivity index (χ1v) is 5.90. The molecule has 1 aromatic heterocycles. The number of hydrogen-bond donors (Lipinski definition) is 0. The van der Waals surface area contributed by atoms with E-state index in [1.54, 1.807) is 24.3 Å². The van der Waals surface area contributed by atoms with Gasteiger partial charge in [0.25, 0.3) is 5.56 Å². The highest BCUT2D eigenvalue weighted by Crippen LogP contribution is 2.10. The van der Waals surface area contributed by atoms with Crippen LogP contribution in [0.15, 0.2) is 41.2 Å². The third kappa shape index (κ3) is 3.42. The average molecular weight is 279 g/mol. The summed E-state index contributed by atoms with van der Waals surface area (Å²) in [5.41, 5.74) is 0.632. The molecule has 0 bridgehead atoms. The predicted octanol–water partition coefficient (Wildman–Crippen LogP) is 1.79. The lowest BCUT2D eigenvalue weighted by Crippen LogP contribution is -2.21. The normalized spacial score (nSPS) is 10.2. The van der Waals surface area contributed by atoms with E-state index < -0.39 is 5.97 Å². The fraction of sp³-hybridized carbons (Fsp3) is 0.154. The maximum atomic E-state index is 11.7. The molecule has 0 unspecified atom stereocenters. The van der Waals surface area contributed by atoms with Crippen LogP contribution >= 0.6 is 11.6 Å². The van der Waals surface area contributed by atoms with Crippen LogP contribution in [0.3, 0.4) is 0 Å². The molecule has 0 radical (unpaired) electrons. The van der Waals surface area contributed by atoms with E-state index in [9.17, 15) is 9.59 Å². The molecule has 0 saturated carbocycles. The minimum absolute atomic E-state index is 0.0936. The molecule has 0 fully saturated rings. The number of halogens is 1. The molecule has 1 aromatic carbocycles. The van der Waals surface area contributed by atoms with Gasteiger partial charge in [-0.3, -0.25) is 4.79 Å². The number of hydrogen-bond acceptors (Lipinski definition) is 4. The molecular formula is C13H11ClN2O3. The third-order valence-corrected chi connectivity index (χ3v) is 2.70. The number of nitrogens with zero attached hydrogens (tertiary/aromatic N) is 2. The van der Waals surface area contributed by atoms with E-state index in [-0.39, 0.29) is 17.9 Å². The van der Waals surface area contributed by atoms with Gasteiger partial charge in [0.2, 0.25) is 0 Å². The van der Waals surface area contributed by atoms with Crippen molar-refractivity contribution in [2.75, 3.05) is 0 Å². The molecule has 0 spiro atoms. The van der Waals surface area contributed by atoms with Gasteiger partial charge in [0, 0.05) is 18.1 Å². The van der Waals surface area contributed by atoms with Crippen molar-refractivity contribution in [2.45, 2.75) is 6.61 Å². The van der Waals surface area contributed by atoms with Crippen LogP contribution in [-0.4, -0.2) is 15.7 Å². The maximum absolute atomic E-state index is 11.7. The number of rotatable bonds is 3. The van der Waals surface area contributed by atoms with Crippen LogP contribution in [0.1, 0.15) is 16.1 Å². The number of aryl methyl sites for hydroxylation is 1. The molecule has 0 aliphatic rings. The number of carbonyl (C=O) groups excluding carboxylic acids is 1. The zero-order valence-electron chi connectivity index (χ0n) is 10.2. The summed E-state index contributed by atoms with van der Waals surface area (Å²) in [7, 11) is 1.47. The van der Waals surface area contributed by atoms with Gasteiger partial charge in [0.05, 0.1) is 0 Å². The van der Waals surface area contributed by atoms with Crippen molar-refractivity contribution < 1.29 is 9.53 Å². The summed E-state index contributed by atoms with van der Waals surface area (Å²) < 4.78 is 6.17. The molecule has 2 rings (SSSR count). The Bertz CT molecular complexity index is 650. The second-order valence-electron chi connectivity index (χ2n) is 3.88. The van der Waals surface area contributed by atoms with Crippen molar-refractivity contribution >= 4 is 17.6 Å². The predicted molar refractivity (Wildman–Crippen MR) is 70.0 cm³/mol. The van der Waals surface area contributed by atoms with E-state index in [0.717, 1.165) is 10.2 Å². The van der Waals surface area contributed by atoms with Crippen LogP contribution in [0.4, 0.5) is 0 Å². The Kier molecular flexibility index (Phi) is 3.97. The molecular weight excluding hydrogens is 268 g/mol. The molecule has 98 valence electrons. The Balaban J connectivity index is 2.03. The van der Waals surface area contributed by atoms with Crippen molar-refractivity contribution in [3.05, 3.63) is 63.0 Å². The van der Waals surface area contributed by atoms with Gasteiger partial charge in [-0.2, -0.15) is 5.10 Å². The summed E-state index contributed by atoms with van der Waals surface area (Å²) in [5.74, 6) is -0.578. The SMILES string of the molecule is Cn1nc(C(=O)OCc2ccc(Cl)cc2)ccc1=O. The van der Waals surface area contributed by atoms with Gasteiger partial charge in [-0.25, -0.2) is 9.48 Å². The molecule has 6 heteroatoms. The van der Waals surface area contributed by atoms with Crippen molar-refractivity contribution in [1.29, 1.82) is 0 Å². The Morgan fingerprint density at radius 2 is 1.95 bits per heavy atom. The highest BCUT2D eigenvalue weighted by Gasteiger charge is 2.10. The van der Waals surface area contributed by atoms with Crippen molar-refractivity contribution in [1.82, 2.24) is 9.78 Å². The lowest BCUT2D eigenvalue weighted by Gasteiger charge is -2.05. The number of benzene rings is 1. The van der Waals surface area contributed by atoms with Gasteiger partial charge in [-0.15, -0.1) is 0 Å². The van der Waals surface area contributed by atoms with Crippen molar-refractivity contribution in [2.24, 2.45) is 7.05 Å². The molecule has 0 atom stereocenters. The van der Waals surface area contributed by atoms with Gasteiger partial charge < -0.3 is 4.74 Å². The molecule has 0 saturated heterocycles. The van der Waals surface area contributed by atoms with Crippen LogP contribution in [0.25, 0.3) is 0 Å². The maximum Gasteiger partial charge on any atom is 0.359 e. The molecule has 5 nitrogen and oxygen atoms in total. The Labute approximate surface area is 114 Å². The van der Waals surface area contributed by atoms with Crippen molar-refractivity contribution in [3.63, 3.8) is 0 Å². The van der Waals surface area contributed by atoms with Gasteiger partial charge in [0.1, 0.15) is 6.61 Å². The van der Waals surface area contributed by atoms with E-state index in [1.807, 2.05) is 0 Å². The number of carbonyl (C=O) groups is 1. The topological polar surface area (TPSA) is 61.2 Å². The van der Waals surface area contributed by atoms with E-state index in [2.05, 4.69) is 5.10 Å². The Morgan fingerprint density at radius 1 is 1.26 bits per heavy atom. The minimum Gasteiger partial charge on any atom is -0.456 e. The molecule has 0 N–H and O–H groups in total. The largest absolute Gasteiger partial charge is 0.456 e. The molecule has 1 heterocycles. The van der Waals surface area contributed by atoms with Gasteiger partial charge in [-0.05, 0) is 23.8 Å². The smallest absolute Gasteiger partial charge is 0.359 e. The highest BCUT2D eigenvalue weighted by molar-refractivity contribution is 6.30. The van der Waals surface area contributed by atoms with Gasteiger partial charge >= 0.3 is 5.97 Å². The van der Waals surface area contributed by atoms with Crippen LogP contribution in [0, 0.1) is 0 Å². The zero-order valence-corrected chi connectivity index (χ0v) is 10.9. The summed E-state index contributed by atoms with van der Waals surface area (Å²) in [5, 5.41) is 4.43. The fourth-order valence-corrected chi connectivity index (χ4v) is 1.54. The zero-order chi connectivity index (χ0) is 13.8. The summed E-state index contributed by atoms with van der Waals surface area (Å²) in [4.78, 5) is 22.9. The number of aromatic nitrogens is 2. The standard InChI is InChI=1S/C13H11ClN2O3/c1-16-12(17)7-6-11(15-16)13(18)19-8-9-2-4-10(14)5-3-9/h2-7H,8H2,1H3. The van der Waals surface area contributed by atoms with Crippen LogP contribution in [0.5, 0.6) is 0 Å². The number of esters is 1. The molecule has 19 heavy (non-hydrogen) atoms. The molecule has 0 aliphatic heterocycles. The van der Waals surface area contributed by atoms with Crippen LogP contribution in [-0.2, 0) is 18.4 Å². The van der Waals surface area contributed by atoms with Crippen LogP contribution < -0.4 is 5.56 Å². The van der Waals surface area contributed by atoms with Gasteiger partial charge in [-0.1, -0.05) is 23.7 Å². The number of ether oxygens (including phenoxy) is 1. The van der Waals surface area contributed by atoms with Crippen molar-refractivity contribution in [3.8, 4) is 0 Å². The van der Waals surface area contributed by atoms with E-state index in [1.165, 1.54) is 19.2 Å². The summed E-state index contributed by atoms with van der Waals surface area (Å²) in [6.45, 7) is 0.126. The van der Waals surface area contributed by atoms with Gasteiger partial charge in [0.15, 0.2) is 5.69 Å². The summed E-state index contributed by atoms with van der Waals surface area (Å²) in [6.07, 6.45) is 0. The van der Waals surface area contributed by atoms with E-state index >= 15 is 0 Å². The molecule has 2 aromatic rings. The summed E-state index contributed by atoms with van der Waals surface area (Å²) in [6, 6.07) is 9.58. The fourth-order valence-electron chi connectivity index (χ4n) is 1.41. The minimum atomic E-state index is -0.578. The third-order valence-electron chi connectivity index (χ3n) is 2.45. The van der Waals surface area contributed by atoms with E-state index in [4.69, 9.17) is 16.3 Å². The molecule has 0 amide bonds. The Morgan fingerprint density at radius 3 is 2.58 bits per heavy atom. The monoisotopic (exact) mass is 278 g/mol. The van der Waals surface area contributed by atoms with E-state index in [0.29, 0.717) is 5.02 Å². The first-order valence-electron chi connectivity index (χ1n) is 5.52. The second kappa shape index (κ2) is 5.67. The van der Waals surface area contributed by atoms with Crippen LogP contribution in [0.2, 0.25) is 5.02 Å². The quantitative estimate of drug-likeness (QED) is 0.803.